The summed E-state index contributed by atoms with van der Waals surface area (Å²) in [6.07, 6.45) is -1.32. The van der Waals surface area contributed by atoms with Crippen LogP contribution in [0.1, 0.15) is 38.2 Å². The van der Waals surface area contributed by atoms with Gasteiger partial charge in [0.1, 0.15) is 23.9 Å². The number of rotatable bonds is 5. The molecule has 154 valence electrons. The van der Waals surface area contributed by atoms with E-state index in [2.05, 4.69) is 14.7 Å². The SMILES string of the molecule is [2H]c1c([2H])c(-c2c([2H])c([2H])c3c(c2[2H])C(=O)N(Cc2ncccn2)C([2H])([2H])C([2H])([2H])O3)c([2H])c([2H])c1OC(C)(F)F. The van der Waals surface area contributed by atoms with Crippen LogP contribution in [-0.2, 0) is 6.54 Å². The lowest BCUT2D eigenvalue weighted by Crippen LogP contribution is -2.32. The Morgan fingerprint density at radius 2 is 1.90 bits per heavy atom. The number of hydrogen-bond acceptors (Lipinski definition) is 5. The highest BCUT2D eigenvalue weighted by atomic mass is 19.3. The van der Waals surface area contributed by atoms with E-state index in [1.807, 2.05) is 0 Å². The quantitative estimate of drug-likeness (QED) is 0.618. The molecule has 30 heavy (non-hydrogen) atoms. The van der Waals surface area contributed by atoms with E-state index in [1.165, 1.54) is 18.5 Å². The van der Waals surface area contributed by atoms with Crippen LogP contribution in [0.4, 0.5) is 8.78 Å². The second kappa shape index (κ2) is 8.06. The molecule has 0 saturated heterocycles. The van der Waals surface area contributed by atoms with E-state index in [-0.39, 0.29) is 5.82 Å². The van der Waals surface area contributed by atoms with Gasteiger partial charge in [0.05, 0.1) is 33.7 Å². The Kier molecular flexibility index (Phi) is 2.81. The zero-order valence-electron chi connectivity index (χ0n) is 26.3. The van der Waals surface area contributed by atoms with Gasteiger partial charge in [-0.25, -0.2) is 9.97 Å². The van der Waals surface area contributed by atoms with E-state index >= 15 is 0 Å². The number of fused-ring (bicyclic) bond motifs is 1. The molecular formula is C22H19F2N3O3. The summed E-state index contributed by atoms with van der Waals surface area (Å²) >= 11 is 0. The molecule has 6 nitrogen and oxygen atoms in total. The maximum absolute atomic E-state index is 13.8. The summed E-state index contributed by atoms with van der Waals surface area (Å²) in [6, 6.07) is -5.87. The van der Waals surface area contributed by atoms with Crippen molar-refractivity contribution in [3.63, 3.8) is 0 Å². The molecule has 8 heteroatoms. The minimum atomic E-state index is -3.89. The lowest BCUT2D eigenvalue weighted by Gasteiger charge is -2.19. The fraction of sp³-hybridized carbons (Fsp3) is 0.227. The third kappa shape index (κ3) is 4.53. The number of carbonyl (C=O) groups is 1. The van der Waals surface area contributed by atoms with Crippen LogP contribution in [0.2, 0.25) is 0 Å². The van der Waals surface area contributed by atoms with Crippen molar-refractivity contribution in [1.82, 2.24) is 14.9 Å². The van der Waals surface area contributed by atoms with Gasteiger partial charge in [0, 0.05) is 19.3 Å². The van der Waals surface area contributed by atoms with Gasteiger partial charge in [0.25, 0.3) is 5.91 Å². The normalized spacial score (nSPS) is 22.6. The minimum Gasteiger partial charge on any atom is -0.491 e. The van der Waals surface area contributed by atoms with Crippen molar-refractivity contribution in [2.75, 3.05) is 13.1 Å². The van der Waals surface area contributed by atoms with Crippen molar-refractivity contribution >= 4 is 5.91 Å². The average molecular weight is 422 g/mol. The van der Waals surface area contributed by atoms with Crippen LogP contribution in [0.25, 0.3) is 11.1 Å². The molecule has 0 radical (unpaired) electrons. The van der Waals surface area contributed by atoms with Crippen molar-refractivity contribution in [3.05, 3.63) is 72.1 Å². The number of carbonyl (C=O) groups excluding carboxylic acids is 1. The number of amides is 1. The smallest absolute Gasteiger partial charge is 0.394 e. The van der Waals surface area contributed by atoms with Crippen LogP contribution < -0.4 is 9.47 Å². The van der Waals surface area contributed by atoms with Crippen LogP contribution >= 0.6 is 0 Å². The topological polar surface area (TPSA) is 64.6 Å². The van der Waals surface area contributed by atoms with E-state index in [4.69, 9.17) is 19.8 Å². The predicted octanol–water partition coefficient (Wildman–Crippen LogP) is 4.17. The van der Waals surface area contributed by atoms with Crippen LogP contribution in [0.15, 0.2) is 60.8 Å². The first-order valence-corrected chi connectivity index (χ1v) is 8.40. The Labute approximate surface area is 187 Å². The predicted molar refractivity (Wildman–Crippen MR) is 105 cm³/mol. The zero-order valence-corrected chi connectivity index (χ0v) is 15.3. The summed E-state index contributed by atoms with van der Waals surface area (Å²) in [7, 11) is 0. The summed E-state index contributed by atoms with van der Waals surface area (Å²) in [4.78, 5) is 21.9. The molecular weight excluding hydrogens is 392 g/mol. The lowest BCUT2D eigenvalue weighted by molar-refractivity contribution is -0.158. The molecule has 0 bridgehead atoms. The molecule has 4 rings (SSSR count). The monoisotopic (exact) mass is 422 g/mol. The summed E-state index contributed by atoms with van der Waals surface area (Å²) in [5, 5.41) is 0. The summed E-state index contributed by atoms with van der Waals surface area (Å²) in [6.45, 7) is -7.01. The Hall–Kier alpha value is -3.55. The lowest BCUT2D eigenvalue weighted by atomic mass is 10.0. The fourth-order valence-electron chi connectivity index (χ4n) is 2.38. The number of nitrogens with zero attached hydrogens (tertiary/aromatic N) is 3. The van der Waals surface area contributed by atoms with Crippen LogP contribution in [0.5, 0.6) is 11.5 Å². The van der Waals surface area contributed by atoms with Gasteiger partial charge in [-0.05, 0) is 41.4 Å². The molecule has 3 aromatic rings. The molecule has 1 aromatic heterocycles. The summed E-state index contributed by atoms with van der Waals surface area (Å²) in [5.74, 6) is -3.61. The number of halogens is 2. The third-order valence-corrected chi connectivity index (χ3v) is 3.62. The van der Waals surface area contributed by atoms with E-state index in [9.17, 15) is 13.6 Å². The second-order valence-electron chi connectivity index (χ2n) is 5.94. The molecule has 2 heterocycles. The second-order valence-corrected chi connectivity index (χ2v) is 5.94. The van der Waals surface area contributed by atoms with Crippen molar-refractivity contribution < 1.29 is 38.1 Å². The van der Waals surface area contributed by atoms with Gasteiger partial charge in [-0.2, -0.15) is 8.78 Å². The number of aromatic nitrogens is 2. The van der Waals surface area contributed by atoms with Crippen molar-refractivity contribution in [2.24, 2.45) is 0 Å². The van der Waals surface area contributed by atoms with Gasteiger partial charge in [-0.1, -0.05) is 18.1 Å². The van der Waals surface area contributed by atoms with Crippen LogP contribution in [0.3, 0.4) is 0 Å². The van der Waals surface area contributed by atoms with Gasteiger partial charge in [-0.15, -0.1) is 0 Å². The molecule has 1 amide bonds. The molecule has 0 atom stereocenters. The maximum atomic E-state index is 13.8. The van der Waals surface area contributed by atoms with Gasteiger partial charge in [0.2, 0.25) is 0 Å². The standard InChI is InChI=1S/C22H19F2N3O3/c1-22(23,24)30-17-6-3-15(4-7-17)16-5-8-19-18(13-16)21(28)27(11-12-29-19)14-20-25-9-2-10-26-20/h2-10,13H,11-12,14H2,1H3/i3D,4D,5D,6D,7D,8D,11D2,12D2,13D. The van der Waals surface area contributed by atoms with E-state index < -0.39 is 102 Å². The fourth-order valence-corrected chi connectivity index (χ4v) is 2.38. The molecule has 0 aliphatic carbocycles. The Morgan fingerprint density at radius 1 is 1.20 bits per heavy atom. The van der Waals surface area contributed by atoms with Crippen molar-refractivity contribution in [1.29, 1.82) is 0 Å². The van der Waals surface area contributed by atoms with Crippen LogP contribution in [0, 0.1) is 0 Å². The van der Waals surface area contributed by atoms with Crippen LogP contribution in [-0.4, -0.2) is 39.9 Å². The first-order valence-electron chi connectivity index (χ1n) is 13.9. The number of benzene rings is 2. The Morgan fingerprint density at radius 3 is 2.60 bits per heavy atom. The Bertz CT molecular complexity index is 1540. The first kappa shape index (κ1) is 10.5. The van der Waals surface area contributed by atoms with E-state index in [1.54, 1.807) is 0 Å². The highest BCUT2D eigenvalue weighted by Gasteiger charge is 2.25. The molecule has 0 N–H and O–H groups in total. The summed E-state index contributed by atoms with van der Waals surface area (Å²) in [5.41, 5.74) is -2.53. The number of alkyl halides is 2. The molecule has 0 saturated carbocycles. The molecule has 1 aliphatic rings. The Balaban J connectivity index is 2.03. The minimum absolute atomic E-state index is 0.123. The molecule has 2 aromatic carbocycles. The first-order chi connectivity index (χ1) is 18.8. The van der Waals surface area contributed by atoms with Gasteiger partial charge < -0.3 is 14.4 Å². The number of hydrogen-bond donors (Lipinski definition) is 0. The third-order valence-electron chi connectivity index (χ3n) is 3.62. The molecule has 0 unspecified atom stereocenters. The molecule has 1 aliphatic heterocycles. The highest BCUT2D eigenvalue weighted by Crippen LogP contribution is 2.31. The van der Waals surface area contributed by atoms with Gasteiger partial charge >= 0.3 is 6.11 Å². The average Bonchev–Trinajstić information content (AvgIpc) is 2.93. The highest BCUT2D eigenvalue weighted by molar-refractivity contribution is 5.98. The van der Waals surface area contributed by atoms with E-state index in [0.717, 1.165) is 0 Å². The van der Waals surface area contributed by atoms with Crippen molar-refractivity contribution in [3.8, 4) is 22.6 Å². The van der Waals surface area contributed by atoms with E-state index in [0.29, 0.717) is 11.8 Å². The van der Waals surface area contributed by atoms with Gasteiger partial charge in [0.15, 0.2) is 0 Å². The van der Waals surface area contributed by atoms with Gasteiger partial charge in [-0.3, -0.25) is 4.79 Å². The largest absolute Gasteiger partial charge is 0.491 e. The number of ether oxygens (including phenoxy) is 2. The maximum Gasteiger partial charge on any atom is 0.394 e. The zero-order chi connectivity index (χ0) is 30.8. The molecule has 0 fully saturated rings. The molecule has 0 spiro atoms. The summed E-state index contributed by atoms with van der Waals surface area (Å²) < 4.78 is 128. The van der Waals surface area contributed by atoms with Crippen molar-refractivity contribution in [2.45, 2.75) is 19.6 Å².